The van der Waals surface area contributed by atoms with Crippen molar-refractivity contribution in [1.82, 2.24) is 0 Å². The number of halogens is 3. The van der Waals surface area contributed by atoms with E-state index in [1.54, 1.807) is 0 Å². The van der Waals surface area contributed by atoms with Crippen LogP contribution in [0.5, 0.6) is 0 Å². The number of nitro benzene ring substituents is 1. The molecule has 0 aliphatic rings. The number of carbonyl (C=O) groups excluding carboxylic acids is 1. The quantitative estimate of drug-likeness (QED) is 0.363. The zero-order valence-corrected chi connectivity index (χ0v) is 8.73. The Kier molecular flexibility index (Phi) is 3.70. The molecule has 1 rings (SSSR count). The molecule has 1 aromatic carbocycles. The van der Waals surface area contributed by atoms with Crippen LogP contribution in [-0.4, -0.2) is 17.1 Å². The summed E-state index contributed by atoms with van der Waals surface area (Å²) in [6, 6.07) is 3.94. The van der Waals surface area contributed by atoms with Gasteiger partial charge in [0.15, 0.2) is 0 Å². The summed E-state index contributed by atoms with van der Waals surface area (Å²) in [6.07, 6.45) is -4.84. The molecule has 0 saturated carbocycles. The minimum absolute atomic E-state index is 0.244. The number of alkyl halides is 3. The van der Waals surface area contributed by atoms with Crippen molar-refractivity contribution in [1.29, 1.82) is 0 Å². The van der Waals surface area contributed by atoms with Crippen LogP contribution in [0.1, 0.15) is 10.4 Å². The van der Waals surface area contributed by atoms with E-state index in [1.165, 1.54) is 0 Å². The molecule has 0 aliphatic heterocycles. The number of hydrogen-bond donors (Lipinski definition) is 0. The molecule has 5 nitrogen and oxygen atoms in total. The molecule has 0 aliphatic carbocycles. The lowest BCUT2D eigenvalue weighted by Crippen LogP contribution is -2.17. The summed E-state index contributed by atoms with van der Waals surface area (Å²) in [6.45, 7) is 2.56. The molecule has 0 spiro atoms. The van der Waals surface area contributed by atoms with Crippen LogP contribution in [0.2, 0.25) is 0 Å². The molecule has 1 aromatic rings. The number of carbonyl (C=O) groups is 1. The largest absolute Gasteiger partial charge is 0.449 e. The van der Waals surface area contributed by atoms with Crippen molar-refractivity contribution in [2.24, 2.45) is 0 Å². The van der Waals surface area contributed by atoms with Crippen LogP contribution < -0.4 is 0 Å². The Morgan fingerprint density at radius 3 is 2.17 bits per heavy atom. The van der Waals surface area contributed by atoms with E-state index in [4.69, 9.17) is 0 Å². The highest BCUT2D eigenvalue weighted by atomic mass is 19.4. The van der Waals surface area contributed by atoms with Crippen molar-refractivity contribution in [2.45, 2.75) is 6.18 Å². The summed E-state index contributed by atoms with van der Waals surface area (Å²) in [5.41, 5.74) is -0.535. The van der Waals surface area contributed by atoms with E-state index in [9.17, 15) is 28.1 Å². The van der Waals surface area contributed by atoms with Crippen molar-refractivity contribution in [3.05, 3.63) is 52.3 Å². The van der Waals surface area contributed by atoms with Gasteiger partial charge in [0.05, 0.1) is 10.5 Å². The molecule has 0 amide bonds. The van der Waals surface area contributed by atoms with Crippen LogP contribution >= 0.6 is 0 Å². The summed E-state index contributed by atoms with van der Waals surface area (Å²) in [7, 11) is 0. The maximum Gasteiger partial charge on any atom is 0.449 e. The molecule has 0 heterocycles. The molecule has 0 aromatic heterocycles. The predicted molar refractivity (Wildman–Crippen MR) is 53.7 cm³/mol. The first kappa shape index (κ1) is 13.7. The Morgan fingerprint density at radius 1 is 1.28 bits per heavy atom. The molecule has 0 unspecified atom stereocenters. The molecule has 0 bridgehead atoms. The Labute approximate surface area is 98.6 Å². The van der Waals surface area contributed by atoms with Crippen LogP contribution in [0.15, 0.2) is 36.6 Å². The van der Waals surface area contributed by atoms with Crippen molar-refractivity contribution in [3.63, 3.8) is 0 Å². The average molecular weight is 261 g/mol. The number of nitro groups is 1. The summed E-state index contributed by atoms with van der Waals surface area (Å²) < 4.78 is 40.1. The number of ether oxygens (including phenoxy) is 1. The molecule has 18 heavy (non-hydrogen) atoms. The normalized spacial score (nSPS) is 10.8. The summed E-state index contributed by atoms with van der Waals surface area (Å²) in [5, 5.41) is 10.3. The van der Waals surface area contributed by atoms with Gasteiger partial charge in [0.1, 0.15) is 0 Å². The van der Waals surface area contributed by atoms with E-state index in [0.717, 1.165) is 24.3 Å². The van der Waals surface area contributed by atoms with Crippen molar-refractivity contribution in [2.75, 3.05) is 0 Å². The lowest BCUT2D eigenvalue weighted by molar-refractivity contribution is -0.384. The van der Waals surface area contributed by atoms with E-state index in [2.05, 4.69) is 11.3 Å². The van der Waals surface area contributed by atoms with Gasteiger partial charge in [-0.1, -0.05) is 6.58 Å². The summed E-state index contributed by atoms with van der Waals surface area (Å²) >= 11 is 0. The standard InChI is InChI=1S/C10H6F3NO4/c1-6(10(11,12)13)18-9(15)7-2-4-8(5-3-7)14(16)17/h2-5H,1H2. The molecule has 0 radical (unpaired) electrons. The fourth-order valence-corrected chi connectivity index (χ4v) is 0.948. The van der Waals surface area contributed by atoms with Gasteiger partial charge < -0.3 is 4.74 Å². The fraction of sp³-hybridized carbons (Fsp3) is 0.100. The number of non-ortho nitro benzene ring substituents is 1. The smallest absolute Gasteiger partial charge is 0.418 e. The third-order valence-corrected chi connectivity index (χ3v) is 1.85. The molecule has 0 N–H and O–H groups in total. The molecule has 0 saturated heterocycles. The first-order valence-electron chi connectivity index (χ1n) is 4.44. The van der Waals surface area contributed by atoms with Crippen LogP contribution in [0, 0.1) is 10.1 Å². The third kappa shape index (κ3) is 3.30. The molecular weight excluding hydrogens is 255 g/mol. The minimum atomic E-state index is -4.84. The molecule has 96 valence electrons. The number of hydrogen-bond acceptors (Lipinski definition) is 4. The maximum absolute atomic E-state index is 12.0. The first-order valence-corrected chi connectivity index (χ1v) is 4.44. The van der Waals surface area contributed by atoms with Gasteiger partial charge in [-0.15, -0.1) is 0 Å². The van der Waals surface area contributed by atoms with Crippen molar-refractivity contribution >= 4 is 11.7 Å². The van der Waals surface area contributed by atoms with Crippen molar-refractivity contribution in [3.8, 4) is 0 Å². The third-order valence-electron chi connectivity index (χ3n) is 1.85. The second kappa shape index (κ2) is 4.86. The number of benzene rings is 1. The Balaban J connectivity index is 2.80. The zero-order valence-electron chi connectivity index (χ0n) is 8.73. The first-order chi connectivity index (χ1) is 8.21. The average Bonchev–Trinajstić information content (AvgIpc) is 2.27. The molecule has 0 fully saturated rings. The SMILES string of the molecule is C=C(OC(=O)c1ccc([N+](=O)[O-])cc1)C(F)(F)F. The van der Waals surface area contributed by atoms with Gasteiger partial charge in [-0.3, -0.25) is 10.1 Å². The lowest BCUT2D eigenvalue weighted by Gasteiger charge is -2.09. The van der Waals surface area contributed by atoms with Gasteiger partial charge in [-0.2, -0.15) is 13.2 Å². The van der Waals surface area contributed by atoms with Crippen LogP contribution in [0.3, 0.4) is 0 Å². The van der Waals surface area contributed by atoms with Gasteiger partial charge >= 0.3 is 12.1 Å². The van der Waals surface area contributed by atoms with Crippen LogP contribution in [0.25, 0.3) is 0 Å². The molecule has 8 heteroatoms. The number of nitrogens with zero attached hydrogens (tertiary/aromatic N) is 1. The predicted octanol–water partition coefficient (Wildman–Crippen LogP) is 2.83. The van der Waals surface area contributed by atoms with E-state index < -0.39 is 22.8 Å². The zero-order chi connectivity index (χ0) is 13.9. The van der Waals surface area contributed by atoms with E-state index in [0.29, 0.717) is 0 Å². The van der Waals surface area contributed by atoms with Crippen LogP contribution in [0.4, 0.5) is 18.9 Å². The topological polar surface area (TPSA) is 69.4 Å². The number of esters is 1. The van der Waals surface area contributed by atoms with E-state index >= 15 is 0 Å². The lowest BCUT2D eigenvalue weighted by atomic mass is 10.2. The van der Waals surface area contributed by atoms with Crippen LogP contribution in [-0.2, 0) is 4.74 Å². The Bertz CT molecular complexity index is 493. The highest BCUT2D eigenvalue weighted by Crippen LogP contribution is 2.25. The number of allylic oxidation sites excluding steroid dienone is 1. The second-order valence-corrected chi connectivity index (χ2v) is 3.11. The second-order valence-electron chi connectivity index (χ2n) is 3.11. The highest BCUT2D eigenvalue weighted by Gasteiger charge is 2.35. The monoisotopic (exact) mass is 261 g/mol. The minimum Gasteiger partial charge on any atom is -0.418 e. The molecule has 0 atom stereocenters. The summed E-state index contributed by atoms with van der Waals surface area (Å²) in [5.74, 6) is -2.93. The molecular formula is C10H6F3NO4. The van der Waals surface area contributed by atoms with Gasteiger partial charge in [0, 0.05) is 12.1 Å². The Hall–Kier alpha value is -2.38. The Morgan fingerprint density at radius 2 is 1.78 bits per heavy atom. The maximum atomic E-state index is 12.0. The van der Waals surface area contributed by atoms with E-state index in [1.807, 2.05) is 0 Å². The highest BCUT2D eigenvalue weighted by molar-refractivity contribution is 5.90. The van der Waals surface area contributed by atoms with Gasteiger partial charge in [0.25, 0.3) is 5.69 Å². The van der Waals surface area contributed by atoms with Crippen molar-refractivity contribution < 1.29 is 27.6 Å². The van der Waals surface area contributed by atoms with Gasteiger partial charge in [0.2, 0.25) is 5.76 Å². The van der Waals surface area contributed by atoms with E-state index in [-0.39, 0.29) is 11.3 Å². The fourth-order valence-electron chi connectivity index (χ4n) is 0.948. The number of rotatable bonds is 3. The van der Waals surface area contributed by atoms with Gasteiger partial charge in [-0.05, 0) is 12.1 Å². The van der Waals surface area contributed by atoms with Gasteiger partial charge in [-0.25, -0.2) is 4.79 Å². The summed E-state index contributed by atoms with van der Waals surface area (Å²) in [4.78, 5) is 20.8.